The summed E-state index contributed by atoms with van der Waals surface area (Å²) in [6.45, 7) is 4.57. The van der Waals surface area contributed by atoms with Gasteiger partial charge in [0, 0.05) is 12.8 Å². The van der Waals surface area contributed by atoms with Crippen molar-refractivity contribution in [1.29, 1.82) is 0 Å². The molecule has 1 nitrogen and oxygen atoms in total. The van der Waals surface area contributed by atoms with Gasteiger partial charge in [0.05, 0.1) is 0 Å². The van der Waals surface area contributed by atoms with Crippen LogP contribution >= 0.6 is 0 Å². The zero-order valence-electron chi connectivity index (χ0n) is 24.6. The van der Waals surface area contributed by atoms with Crippen molar-refractivity contribution in [2.45, 2.75) is 200 Å². The zero-order valence-corrected chi connectivity index (χ0v) is 24.6. The summed E-state index contributed by atoms with van der Waals surface area (Å²) in [6, 6.07) is 0. The van der Waals surface area contributed by atoms with Crippen molar-refractivity contribution in [1.82, 2.24) is 0 Å². The Morgan fingerprint density at radius 1 is 0.371 bits per heavy atom. The van der Waals surface area contributed by atoms with Crippen molar-refractivity contribution in [2.24, 2.45) is 0 Å². The first-order chi connectivity index (χ1) is 17.3. The molecule has 208 valence electrons. The van der Waals surface area contributed by atoms with Gasteiger partial charge in [0.25, 0.3) is 0 Å². The maximum atomic E-state index is 12.1. The molecule has 0 radical (unpaired) electrons. The second-order valence-corrected chi connectivity index (χ2v) is 11.2. The number of unbranched alkanes of at least 4 members (excludes halogenated alkanes) is 24. The van der Waals surface area contributed by atoms with Crippen molar-refractivity contribution in [3.8, 4) is 0 Å². The van der Waals surface area contributed by atoms with E-state index in [9.17, 15) is 4.79 Å². The van der Waals surface area contributed by atoms with Crippen molar-refractivity contribution in [3.63, 3.8) is 0 Å². The van der Waals surface area contributed by atoms with Gasteiger partial charge in [-0.25, -0.2) is 0 Å². The summed E-state index contributed by atoms with van der Waals surface area (Å²) in [5.41, 5.74) is 0. The smallest absolute Gasteiger partial charge is 0.132 e. The van der Waals surface area contributed by atoms with Gasteiger partial charge < -0.3 is 0 Å². The van der Waals surface area contributed by atoms with Crippen LogP contribution in [-0.2, 0) is 4.79 Å². The van der Waals surface area contributed by atoms with Crippen molar-refractivity contribution in [3.05, 3.63) is 12.2 Å². The second-order valence-electron chi connectivity index (χ2n) is 11.2. The topological polar surface area (TPSA) is 17.1 Å². The quantitative estimate of drug-likeness (QED) is 0.0722. The van der Waals surface area contributed by atoms with Crippen molar-refractivity contribution in [2.75, 3.05) is 0 Å². The molecular weight excluding hydrogens is 424 g/mol. The van der Waals surface area contributed by atoms with Crippen LogP contribution in [0.3, 0.4) is 0 Å². The van der Waals surface area contributed by atoms with Gasteiger partial charge in [0.1, 0.15) is 5.78 Å². The third kappa shape index (κ3) is 31.4. The highest BCUT2D eigenvalue weighted by atomic mass is 16.1. The number of carbonyl (C=O) groups is 1. The average molecular weight is 491 g/mol. The summed E-state index contributed by atoms with van der Waals surface area (Å²) in [5.74, 6) is 0.515. The lowest BCUT2D eigenvalue weighted by Crippen LogP contribution is -1.97. The fourth-order valence-corrected chi connectivity index (χ4v) is 5.03. The van der Waals surface area contributed by atoms with E-state index in [2.05, 4.69) is 26.0 Å². The van der Waals surface area contributed by atoms with E-state index in [1.54, 1.807) is 0 Å². The Morgan fingerprint density at radius 3 is 0.943 bits per heavy atom. The molecule has 0 aromatic heterocycles. The summed E-state index contributed by atoms with van der Waals surface area (Å²) in [5, 5.41) is 0. The summed E-state index contributed by atoms with van der Waals surface area (Å²) in [4.78, 5) is 12.1. The van der Waals surface area contributed by atoms with E-state index in [-0.39, 0.29) is 0 Å². The molecule has 0 aliphatic rings. The Morgan fingerprint density at radius 2 is 0.629 bits per heavy atom. The average Bonchev–Trinajstić information content (AvgIpc) is 2.86. The number of ketones is 1. The Kier molecular flexibility index (Phi) is 30.9. The summed E-state index contributed by atoms with van der Waals surface area (Å²) < 4.78 is 0. The molecule has 0 rings (SSSR count). The number of Topliss-reactive ketones (excluding diaryl/α,β-unsaturated/α-hetero) is 1. The van der Waals surface area contributed by atoms with Crippen LogP contribution < -0.4 is 0 Å². The highest BCUT2D eigenvalue weighted by Crippen LogP contribution is 2.15. The molecule has 0 spiro atoms. The van der Waals surface area contributed by atoms with Gasteiger partial charge in [-0.3, -0.25) is 4.79 Å². The molecule has 35 heavy (non-hydrogen) atoms. The van der Waals surface area contributed by atoms with Gasteiger partial charge in [-0.1, -0.05) is 161 Å². The predicted molar refractivity (Wildman–Crippen MR) is 159 cm³/mol. The maximum absolute atomic E-state index is 12.1. The number of carbonyl (C=O) groups excluding carboxylic acids is 1. The zero-order chi connectivity index (χ0) is 25.5. The molecule has 0 atom stereocenters. The summed E-state index contributed by atoms with van der Waals surface area (Å²) in [7, 11) is 0. The first-order valence-corrected chi connectivity index (χ1v) is 16.5. The van der Waals surface area contributed by atoms with Crippen molar-refractivity contribution < 1.29 is 4.79 Å². The second kappa shape index (κ2) is 31.4. The van der Waals surface area contributed by atoms with Crippen molar-refractivity contribution >= 4 is 5.78 Å². The van der Waals surface area contributed by atoms with Crippen LogP contribution in [0.4, 0.5) is 0 Å². The highest BCUT2D eigenvalue weighted by molar-refractivity contribution is 5.78. The minimum Gasteiger partial charge on any atom is -0.300 e. The van der Waals surface area contributed by atoms with E-state index in [1.807, 2.05) is 0 Å². The predicted octanol–water partition coefficient (Wildman–Crippen LogP) is 12.5. The van der Waals surface area contributed by atoms with E-state index >= 15 is 0 Å². The van der Waals surface area contributed by atoms with Crippen LogP contribution in [0.5, 0.6) is 0 Å². The van der Waals surface area contributed by atoms with Crippen LogP contribution in [-0.4, -0.2) is 5.78 Å². The van der Waals surface area contributed by atoms with E-state index in [0.29, 0.717) is 5.78 Å². The molecule has 0 bridgehead atoms. The molecule has 0 saturated heterocycles. The Balaban J connectivity index is 3.19. The van der Waals surface area contributed by atoms with E-state index in [0.717, 1.165) is 25.7 Å². The fourth-order valence-electron chi connectivity index (χ4n) is 5.03. The molecule has 0 aromatic carbocycles. The van der Waals surface area contributed by atoms with Crippen LogP contribution in [0.1, 0.15) is 200 Å². The summed E-state index contributed by atoms with van der Waals surface area (Å²) >= 11 is 0. The normalized spacial score (nSPS) is 11.6. The lowest BCUT2D eigenvalue weighted by atomic mass is 10.0. The lowest BCUT2D eigenvalue weighted by molar-refractivity contribution is -0.119. The first kappa shape index (κ1) is 34.4. The Hall–Kier alpha value is -0.590. The SMILES string of the molecule is CCCCCCCCC=CCCCCCCCC(=O)CCCCCCCCCCCCCCCC. The molecule has 0 aliphatic heterocycles. The molecule has 0 fully saturated rings. The summed E-state index contributed by atoms with van der Waals surface area (Å²) in [6.07, 6.45) is 43.0. The highest BCUT2D eigenvalue weighted by Gasteiger charge is 2.02. The minimum absolute atomic E-state index is 0.515. The number of rotatable bonds is 30. The molecule has 1 heteroatoms. The fraction of sp³-hybridized carbons (Fsp3) is 0.912. The molecule has 0 unspecified atom stereocenters. The molecule has 0 aliphatic carbocycles. The van der Waals surface area contributed by atoms with Gasteiger partial charge >= 0.3 is 0 Å². The molecular formula is C34H66O. The lowest BCUT2D eigenvalue weighted by Gasteiger charge is -2.04. The first-order valence-electron chi connectivity index (χ1n) is 16.5. The number of hydrogen-bond donors (Lipinski definition) is 0. The molecule has 0 N–H and O–H groups in total. The van der Waals surface area contributed by atoms with E-state index in [1.165, 1.54) is 161 Å². The van der Waals surface area contributed by atoms with Crippen LogP contribution in [0.25, 0.3) is 0 Å². The van der Waals surface area contributed by atoms with Crippen LogP contribution in [0.2, 0.25) is 0 Å². The third-order valence-electron chi connectivity index (χ3n) is 7.53. The standard InChI is InChI=1S/C34H66O/c1-3-5-7-9-11-13-15-17-19-21-23-25-27-29-31-33-34(35)32-30-28-26-24-22-20-18-16-14-12-10-8-6-4-2/h17,19H,3-16,18,20-33H2,1-2H3. The third-order valence-corrected chi connectivity index (χ3v) is 7.53. The molecule has 0 heterocycles. The van der Waals surface area contributed by atoms with Crippen LogP contribution in [0, 0.1) is 0 Å². The van der Waals surface area contributed by atoms with E-state index < -0.39 is 0 Å². The van der Waals surface area contributed by atoms with Gasteiger partial charge in [-0.05, 0) is 38.5 Å². The van der Waals surface area contributed by atoms with E-state index in [4.69, 9.17) is 0 Å². The monoisotopic (exact) mass is 491 g/mol. The molecule has 0 aromatic rings. The van der Waals surface area contributed by atoms with Gasteiger partial charge in [0.2, 0.25) is 0 Å². The van der Waals surface area contributed by atoms with Crippen LogP contribution in [0.15, 0.2) is 12.2 Å². The minimum atomic E-state index is 0.515. The number of hydrogen-bond acceptors (Lipinski definition) is 1. The number of allylic oxidation sites excluding steroid dienone is 2. The maximum Gasteiger partial charge on any atom is 0.132 e. The van der Waals surface area contributed by atoms with Gasteiger partial charge in [-0.2, -0.15) is 0 Å². The molecule has 0 amide bonds. The van der Waals surface area contributed by atoms with Gasteiger partial charge in [-0.15, -0.1) is 0 Å². The Bertz CT molecular complexity index is 424. The Labute approximate surface area is 222 Å². The molecule has 0 saturated carbocycles. The van der Waals surface area contributed by atoms with Gasteiger partial charge in [0.15, 0.2) is 0 Å². The largest absolute Gasteiger partial charge is 0.300 e.